The Morgan fingerprint density at radius 2 is 1.61 bits per heavy atom. The number of halogens is 2. The topological polar surface area (TPSA) is 90.8 Å². The lowest BCUT2D eigenvalue weighted by Gasteiger charge is -2.32. The molecular weight excluding hydrogens is 492 g/mol. The summed E-state index contributed by atoms with van der Waals surface area (Å²) in [5.74, 6) is -1.54. The first-order valence-corrected chi connectivity index (χ1v) is 12.6. The Bertz CT molecular complexity index is 1630. The molecule has 6 rings (SSSR count). The number of rotatable bonds is 3. The van der Waals surface area contributed by atoms with E-state index in [9.17, 15) is 23.2 Å². The highest BCUT2D eigenvalue weighted by molar-refractivity contribution is 5.94. The van der Waals surface area contributed by atoms with Gasteiger partial charge in [-0.3, -0.25) is 19.5 Å². The van der Waals surface area contributed by atoms with Crippen molar-refractivity contribution in [3.8, 4) is 0 Å². The minimum atomic E-state index is -0.491. The van der Waals surface area contributed by atoms with Crippen LogP contribution in [0.15, 0.2) is 59.4 Å². The Labute approximate surface area is 216 Å². The summed E-state index contributed by atoms with van der Waals surface area (Å²) in [7, 11) is 0. The Hall–Kier alpha value is -4.34. The molecule has 0 saturated carbocycles. The van der Waals surface area contributed by atoms with Crippen LogP contribution in [0.2, 0.25) is 0 Å². The molecule has 2 aliphatic rings. The van der Waals surface area contributed by atoms with Crippen molar-refractivity contribution in [1.82, 2.24) is 24.4 Å². The number of piperidine rings is 1. The van der Waals surface area contributed by atoms with Crippen LogP contribution >= 0.6 is 0 Å². The molecule has 2 amide bonds. The fraction of sp³-hybridized carbons (Fsp3) is 0.286. The van der Waals surface area contributed by atoms with Crippen molar-refractivity contribution in [2.24, 2.45) is 0 Å². The zero-order chi connectivity index (χ0) is 26.4. The van der Waals surface area contributed by atoms with Gasteiger partial charge in [0.1, 0.15) is 11.6 Å². The standard InChI is InChI=1S/C28H25F2N5O3/c29-20-7-1-4-17(12-20)26(36)33-10-3-6-19(15-33)24-14-25-31-23-9-11-34(16-22(23)28(38)35(25)32-24)27(37)18-5-2-8-21(30)13-18/h1-2,4-5,7-8,12-14,19,32H,3,6,9-11,15-16H2/t19-/m1/s1. The molecule has 2 aliphatic heterocycles. The van der Waals surface area contributed by atoms with Gasteiger partial charge in [-0.15, -0.1) is 0 Å². The Morgan fingerprint density at radius 1 is 0.921 bits per heavy atom. The molecule has 8 nitrogen and oxygen atoms in total. The normalized spacial score (nSPS) is 17.5. The summed E-state index contributed by atoms with van der Waals surface area (Å²) in [5, 5.41) is 3.17. The molecule has 1 atom stereocenters. The molecule has 4 heterocycles. The van der Waals surface area contributed by atoms with Gasteiger partial charge in [0.05, 0.1) is 17.8 Å². The van der Waals surface area contributed by atoms with E-state index in [1.54, 1.807) is 17.0 Å². The second-order valence-corrected chi connectivity index (χ2v) is 9.84. The average molecular weight is 518 g/mol. The number of nitrogens with one attached hydrogen (secondary N) is 1. The van der Waals surface area contributed by atoms with Gasteiger partial charge in [0.2, 0.25) is 0 Å². The quantitative estimate of drug-likeness (QED) is 0.450. The number of benzene rings is 2. The third-order valence-electron chi connectivity index (χ3n) is 7.36. The van der Waals surface area contributed by atoms with E-state index >= 15 is 0 Å². The first-order valence-electron chi connectivity index (χ1n) is 12.6. The summed E-state index contributed by atoms with van der Waals surface area (Å²) >= 11 is 0. The van der Waals surface area contributed by atoms with Crippen molar-refractivity contribution in [3.05, 3.63) is 105 Å². The highest BCUT2D eigenvalue weighted by Crippen LogP contribution is 2.28. The van der Waals surface area contributed by atoms with Crippen LogP contribution in [0.4, 0.5) is 8.78 Å². The molecule has 1 N–H and O–H groups in total. The number of carbonyl (C=O) groups is 2. The van der Waals surface area contributed by atoms with Gasteiger partial charge >= 0.3 is 0 Å². The number of aromatic nitrogens is 3. The van der Waals surface area contributed by atoms with E-state index in [1.165, 1.54) is 45.8 Å². The van der Waals surface area contributed by atoms with Gasteiger partial charge < -0.3 is 9.80 Å². The lowest BCUT2D eigenvalue weighted by Crippen LogP contribution is -2.40. The summed E-state index contributed by atoms with van der Waals surface area (Å²) < 4.78 is 28.6. The van der Waals surface area contributed by atoms with E-state index in [4.69, 9.17) is 4.98 Å². The number of amides is 2. The molecule has 0 spiro atoms. The van der Waals surface area contributed by atoms with Gasteiger partial charge in [0.25, 0.3) is 17.4 Å². The van der Waals surface area contributed by atoms with Crippen molar-refractivity contribution in [2.45, 2.75) is 31.7 Å². The number of carbonyl (C=O) groups excluding carboxylic acids is 2. The van der Waals surface area contributed by atoms with Crippen molar-refractivity contribution >= 4 is 17.5 Å². The third-order valence-corrected chi connectivity index (χ3v) is 7.36. The molecule has 1 fully saturated rings. The molecule has 0 radical (unpaired) electrons. The van der Waals surface area contributed by atoms with Gasteiger partial charge in [0.15, 0.2) is 5.65 Å². The largest absolute Gasteiger partial charge is 0.338 e. The fourth-order valence-corrected chi connectivity index (χ4v) is 5.41. The zero-order valence-corrected chi connectivity index (χ0v) is 20.5. The molecule has 0 unspecified atom stereocenters. The second kappa shape index (κ2) is 9.51. The van der Waals surface area contributed by atoms with E-state index in [0.29, 0.717) is 48.5 Å². The van der Waals surface area contributed by atoms with Gasteiger partial charge in [-0.2, -0.15) is 0 Å². The number of likely N-dealkylation sites (tertiary alicyclic amines) is 1. The molecule has 38 heavy (non-hydrogen) atoms. The Balaban J connectivity index is 1.25. The van der Waals surface area contributed by atoms with E-state index in [-0.39, 0.29) is 35.4 Å². The number of fused-ring (bicyclic) bond motifs is 2. The van der Waals surface area contributed by atoms with Crippen molar-refractivity contribution in [3.63, 3.8) is 0 Å². The minimum absolute atomic E-state index is 0.0366. The maximum Gasteiger partial charge on any atom is 0.277 e. The number of H-pyrrole nitrogens is 1. The smallest absolute Gasteiger partial charge is 0.277 e. The SMILES string of the molecule is O=C(c1cccc(F)c1)N1CCc2nc3cc([C@@H]4CCCN(C(=O)c5cccc(F)c5)C4)[nH]n3c(=O)c2C1. The summed E-state index contributed by atoms with van der Waals surface area (Å²) in [5.41, 5.74) is 2.62. The van der Waals surface area contributed by atoms with Gasteiger partial charge in [0, 0.05) is 54.9 Å². The summed E-state index contributed by atoms with van der Waals surface area (Å²) in [6.07, 6.45) is 2.02. The first kappa shape index (κ1) is 24.0. The van der Waals surface area contributed by atoms with E-state index in [1.807, 2.05) is 6.07 Å². The number of nitrogens with zero attached hydrogens (tertiary/aromatic N) is 4. The van der Waals surface area contributed by atoms with Crippen LogP contribution in [0.1, 0.15) is 56.4 Å². The average Bonchev–Trinajstić information content (AvgIpc) is 3.37. The highest BCUT2D eigenvalue weighted by Gasteiger charge is 2.29. The van der Waals surface area contributed by atoms with E-state index in [0.717, 1.165) is 18.5 Å². The van der Waals surface area contributed by atoms with Crippen LogP contribution in [-0.4, -0.2) is 55.8 Å². The lowest BCUT2D eigenvalue weighted by atomic mass is 9.94. The van der Waals surface area contributed by atoms with E-state index in [2.05, 4.69) is 5.10 Å². The molecule has 4 aromatic rings. The predicted molar refractivity (Wildman–Crippen MR) is 135 cm³/mol. The second-order valence-electron chi connectivity index (χ2n) is 9.84. The summed E-state index contributed by atoms with van der Waals surface area (Å²) in [6, 6.07) is 13.0. The van der Waals surface area contributed by atoms with E-state index < -0.39 is 11.6 Å². The molecular formula is C28H25F2N5O3. The van der Waals surface area contributed by atoms with Crippen LogP contribution < -0.4 is 5.56 Å². The van der Waals surface area contributed by atoms with Gasteiger partial charge in [-0.05, 0) is 49.2 Å². The molecule has 1 saturated heterocycles. The molecule has 0 aliphatic carbocycles. The Kier molecular flexibility index (Phi) is 6.01. The number of hydrogen-bond acceptors (Lipinski definition) is 4. The van der Waals surface area contributed by atoms with Crippen LogP contribution in [0.3, 0.4) is 0 Å². The van der Waals surface area contributed by atoms with Gasteiger partial charge in [-0.1, -0.05) is 12.1 Å². The predicted octanol–water partition coefficient (Wildman–Crippen LogP) is 3.52. The van der Waals surface area contributed by atoms with Crippen molar-refractivity contribution < 1.29 is 18.4 Å². The molecule has 194 valence electrons. The lowest BCUT2D eigenvalue weighted by molar-refractivity contribution is 0.0703. The Morgan fingerprint density at radius 3 is 2.29 bits per heavy atom. The molecule has 2 aromatic carbocycles. The number of hydrogen-bond donors (Lipinski definition) is 1. The monoisotopic (exact) mass is 517 g/mol. The fourth-order valence-electron chi connectivity index (χ4n) is 5.41. The van der Waals surface area contributed by atoms with Crippen molar-refractivity contribution in [2.75, 3.05) is 19.6 Å². The maximum atomic E-state index is 13.6. The third kappa shape index (κ3) is 4.36. The van der Waals surface area contributed by atoms with Crippen LogP contribution in [0.25, 0.3) is 5.65 Å². The number of aromatic amines is 1. The minimum Gasteiger partial charge on any atom is -0.338 e. The zero-order valence-electron chi connectivity index (χ0n) is 20.5. The van der Waals surface area contributed by atoms with Crippen LogP contribution in [0.5, 0.6) is 0 Å². The van der Waals surface area contributed by atoms with Crippen molar-refractivity contribution in [1.29, 1.82) is 0 Å². The maximum absolute atomic E-state index is 13.6. The van der Waals surface area contributed by atoms with Crippen LogP contribution in [-0.2, 0) is 13.0 Å². The summed E-state index contributed by atoms with van der Waals surface area (Å²) in [6.45, 7) is 1.48. The van der Waals surface area contributed by atoms with Gasteiger partial charge in [-0.25, -0.2) is 18.3 Å². The summed E-state index contributed by atoms with van der Waals surface area (Å²) in [4.78, 5) is 47.2. The molecule has 10 heteroatoms. The van der Waals surface area contributed by atoms with Crippen LogP contribution in [0, 0.1) is 11.6 Å². The molecule has 0 bridgehead atoms. The first-order chi connectivity index (χ1) is 18.4. The highest BCUT2D eigenvalue weighted by atomic mass is 19.1. The molecule has 2 aromatic heterocycles.